The fourth-order valence-corrected chi connectivity index (χ4v) is 4.65. The van der Waals surface area contributed by atoms with Crippen LogP contribution >= 0.6 is 0 Å². The van der Waals surface area contributed by atoms with E-state index >= 15 is 0 Å². The Hall–Kier alpha value is -3.39. The van der Waals surface area contributed by atoms with E-state index in [1.54, 1.807) is 18.2 Å². The minimum atomic E-state index is -4.81. The predicted molar refractivity (Wildman–Crippen MR) is 115 cm³/mol. The molecule has 0 aliphatic rings. The van der Waals surface area contributed by atoms with Crippen molar-refractivity contribution in [3.8, 4) is 5.75 Å². The van der Waals surface area contributed by atoms with E-state index in [9.17, 15) is 40.9 Å². The predicted octanol–water partition coefficient (Wildman–Crippen LogP) is 2.34. The Morgan fingerprint density at radius 1 is 0.800 bits per heavy atom. The molecule has 14 heteroatoms. The van der Waals surface area contributed by atoms with Crippen molar-refractivity contribution in [2.24, 2.45) is 10.2 Å². The normalized spacial score (nSPS) is 12.2. The van der Waals surface area contributed by atoms with Crippen molar-refractivity contribution in [3.63, 3.8) is 0 Å². The van der Waals surface area contributed by atoms with E-state index in [1.807, 2.05) is 0 Å². The first kappa shape index (κ1) is 26.2. The zero-order valence-corrected chi connectivity index (χ0v) is 19.9. The number of nitrogens with zero attached hydrogens (tertiary/aromatic N) is 2. The molecule has 179 valence electrons. The van der Waals surface area contributed by atoms with Gasteiger partial charge in [0.05, 0.1) is 22.2 Å². The SMILES string of the molecule is O=C([O-])c1cc2ccccc2c(N=Nc2cc(S(=O)(=O)O)c3ccc(S(=O)(=O)O)cc3c2)c1[O-].[Mn+2]. The van der Waals surface area contributed by atoms with Crippen molar-refractivity contribution >= 4 is 59.1 Å². The van der Waals surface area contributed by atoms with E-state index in [1.165, 1.54) is 12.1 Å². The molecule has 0 unspecified atom stereocenters. The number of benzene rings is 4. The molecule has 11 nitrogen and oxygen atoms in total. The van der Waals surface area contributed by atoms with Crippen molar-refractivity contribution in [3.05, 3.63) is 66.2 Å². The number of azo groups is 1. The Balaban J connectivity index is 0.00000342. The molecule has 0 heterocycles. The largest absolute Gasteiger partial charge is 2.00 e. The molecule has 0 aliphatic heterocycles. The number of carbonyl (C=O) groups is 1. The van der Waals surface area contributed by atoms with Gasteiger partial charge < -0.3 is 15.0 Å². The van der Waals surface area contributed by atoms with E-state index in [0.717, 1.165) is 30.3 Å². The zero-order valence-electron chi connectivity index (χ0n) is 17.1. The third-order valence-corrected chi connectivity index (χ3v) is 6.65. The molecule has 4 aromatic carbocycles. The van der Waals surface area contributed by atoms with Gasteiger partial charge in [0.1, 0.15) is 4.90 Å². The molecule has 0 bridgehead atoms. The maximum absolute atomic E-state index is 12.6. The number of rotatable bonds is 5. The molecule has 0 amide bonds. The summed E-state index contributed by atoms with van der Waals surface area (Å²) in [6.07, 6.45) is 0. The van der Waals surface area contributed by atoms with Crippen molar-refractivity contribution in [1.29, 1.82) is 0 Å². The summed E-state index contributed by atoms with van der Waals surface area (Å²) < 4.78 is 65.6. The van der Waals surface area contributed by atoms with Crippen LogP contribution in [0.3, 0.4) is 0 Å². The maximum Gasteiger partial charge on any atom is 2.00 e. The molecule has 0 aromatic heterocycles. The molecule has 0 spiro atoms. The number of aromatic carboxylic acids is 1. The second kappa shape index (κ2) is 9.34. The summed E-state index contributed by atoms with van der Waals surface area (Å²) in [4.78, 5) is 10.2. The van der Waals surface area contributed by atoms with Crippen LogP contribution in [-0.4, -0.2) is 31.9 Å². The summed E-state index contributed by atoms with van der Waals surface area (Å²) in [5.74, 6) is -2.70. The van der Waals surface area contributed by atoms with Crippen molar-refractivity contribution in [2.45, 2.75) is 9.79 Å². The molecule has 0 atom stereocenters. The Bertz CT molecular complexity index is 1750. The molecule has 0 fully saturated rings. The molecule has 1 radical (unpaired) electrons. The van der Waals surface area contributed by atoms with Crippen LogP contribution in [0.2, 0.25) is 0 Å². The third-order valence-electron chi connectivity index (χ3n) is 4.91. The fourth-order valence-electron chi connectivity index (χ4n) is 3.40. The molecule has 35 heavy (non-hydrogen) atoms. The standard InChI is InChI=1S/C21H14N2O9S2.Mn/c24-20-17(21(25)26)9-11-3-1-2-4-16(11)19(20)23-22-13-7-12-8-14(33(27,28)29)5-6-15(12)18(10-13)34(30,31)32;/h1-10,24H,(H,25,26)(H,27,28,29)(H,30,31,32);/q;+2/p-2. The van der Waals surface area contributed by atoms with Gasteiger partial charge in [0, 0.05) is 10.8 Å². The smallest absolute Gasteiger partial charge is 0.871 e. The average molecular weight is 555 g/mol. The number of hydrogen-bond donors (Lipinski definition) is 2. The van der Waals surface area contributed by atoms with Crippen LogP contribution in [0, 0.1) is 0 Å². The fraction of sp³-hybridized carbons (Fsp3) is 0. The van der Waals surface area contributed by atoms with E-state index in [-0.39, 0.29) is 44.6 Å². The van der Waals surface area contributed by atoms with Gasteiger partial charge in [-0.2, -0.15) is 27.1 Å². The number of carbonyl (C=O) groups excluding carboxylic acids is 1. The van der Waals surface area contributed by atoms with Crippen LogP contribution < -0.4 is 10.2 Å². The molecule has 2 N–H and O–H groups in total. The Morgan fingerprint density at radius 2 is 1.49 bits per heavy atom. The van der Waals surface area contributed by atoms with E-state index < -0.39 is 47.3 Å². The van der Waals surface area contributed by atoms with Gasteiger partial charge in [0.2, 0.25) is 0 Å². The first-order chi connectivity index (χ1) is 15.9. The van der Waals surface area contributed by atoms with Crippen LogP contribution in [0.4, 0.5) is 11.4 Å². The number of hydrogen-bond acceptors (Lipinski definition) is 9. The van der Waals surface area contributed by atoms with Crippen molar-refractivity contribution < 1.29 is 58.0 Å². The van der Waals surface area contributed by atoms with Gasteiger partial charge in [0.25, 0.3) is 20.2 Å². The maximum atomic E-state index is 12.6. The van der Waals surface area contributed by atoms with Crippen LogP contribution in [0.25, 0.3) is 21.5 Å². The average Bonchev–Trinajstić information content (AvgIpc) is 2.75. The second-order valence-corrected chi connectivity index (χ2v) is 9.90. The summed E-state index contributed by atoms with van der Waals surface area (Å²) in [7, 11) is -9.43. The van der Waals surface area contributed by atoms with E-state index in [0.29, 0.717) is 5.39 Å². The van der Waals surface area contributed by atoms with Gasteiger partial charge in [-0.15, -0.1) is 0 Å². The summed E-state index contributed by atoms with van der Waals surface area (Å²) in [6, 6.07) is 12.5. The first-order valence-electron chi connectivity index (χ1n) is 9.25. The summed E-state index contributed by atoms with van der Waals surface area (Å²) >= 11 is 0. The van der Waals surface area contributed by atoms with Gasteiger partial charge in [-0.3, -0.25) is 9.11 Å². The van der Waals surface area contributed by atoms with Crippen LogP contribution in [-0.2, 0) is 37.3 Å². The molecular formula is C21H12MnN2O9S2. The molecular weight excluding hydrogens is 543 g/mol. The first-order valence-corrected chi connectivity index (χ1v) is 12.1. The third kappa shape index (κ3) is 5.17. The molecule has 0 saturated carbocycles. The van der Waals surface area contributed by atoms with Gasteiger partial charge in [-0.1, -0.05) is 36.1 Å². The van der Waals surface area contributed by atoms with Gasteiger partial charge in [0.15, 0.2) is 0 Å². The molecule has 0 aliphatic carbocycles. The topological polar surface area (TPSA) is 197 Å². The minimum Gasteiger partial charge on any atom is -0.871 e. The zero-order chi connectivity index (χ0) is 24.8. The molecule has 4 rings (SSSR count). The van der Waals surface area contributed by atoms with E-state index in [2.05, 4.69) is 10.2 Å². The summed E-state index contributed by atoms with van der Waals surface area (Å²) in [6.45, 7) is 0. The minimum absolute atomic E-state index is 0. The quantitative estimate of drug-likeness (QED) is 0.211. The Kier molecular flexibility index (Phi) is 6.99. The number of fused-ring (bicyclic) bond motifs is 2. The Morgan fingerprint density at radius 3 is 2.11 bits per heavy atom. The van der Waals surface area contributed by atoms with Crippen LogP contribution in [0.15, 0.2) is 80.7 Å². The van der Waals surface area contributed by atoms with Crippen LogP contribution in [0.5, 0.6) is 5.75 Å². The second-order valence-electron chi connectivity index (χ2n) is 7.09. The Labute approximate surface area is 208 Å². The van der Waals surface area contributed by atoms with E-state index in [4.69, 9.17) is 0 Å². The summed E-state index contributed by atoms with van der Waals surface area (Å²) in [5.41, 5.74) is -1.21. The van der Waals surface area contributed by atoms with Gasteiger partial charge >= 0.3 is 17.1 Å². The molecule has 0 saturated heterocycles. The number of carboxylic acid groups (broad SMARTS) is 1. The van der Waals surface area contributed by atoms with Gasteiger partial charge in [-0.05, 0) is 46.7 Å². The van der Waals surface area contributed by atoms with Crippen molar-refractivity contribution in [2.75, 3.05) is 0 Å². The van der Waals surface area contributed by atoms with Gasteiger partial charge in [-0.25, -0.2) is 0 Å². The monoisotopic (exact) mass is 555 g/mol. The van der Waals surface area contributed by atoms with Crippen molar-refractivity contribution in [1.82, 2.24) is 0 Å². The summed E-state index contributed by atoms with van der Waals surface area (Å²) in [5, 5.41) is 32.2. The number of carboxylic acids is 1. The van der Waals surface area contributed by atoms with Crippen LogP contribution in [0.1, 0.15) is 10.4 Å². The molecule has 4 aromatic rings.